The van der Waals surface area contributed by atoms with Crippen LogP contribution in [0.15, 0.2) is 35.4 Å². The SMILES string of the molecule is CCC(O)C1CCCCN1S(=O)(=O)c1cccc2cc(C)cnc12. The van der Waals surface area contributed by atoms with E-state index < -0.39 is 16.1 Å². The molecular weight excluding hydrogens is 324 g/mol. The number of aliphatic hydroxyl groups is 1. The summed E-state index contributed by atoms with van der Waals surface area (Å²) in [6.07, 6.45) is 4.07. The van der Waals surface area contributed by atoms with Crippen molar-refractivity contribution in [2.75, 3.05) is 6.54 Å². The van der Waals surface area contributed by atoms with Crippen LogP contribution in [-0.4, -0.2) is 41.5 Å². The first kappa shape index (κ1) is 17.3. The minimum atomic E-state index is -3.69. The number of aryl methyl sites for hydroxylation is 1. The predicted octanol–water partition coefficient (Wildman–Crippen LogP) is 2.86. The number of hydrogen-bond donors (Lipinski definition) is 1. The van der Waals surface area contributed by atoms with E-state index in [1.807, 2.05) is 26.0 Å². The lowest BCUT2D eigenvalue weighted by atomic mass is 9.98. The number of fused-ring (bicyclic) bond motifs is 1. The average molecular weight is 348 g/mol. The van der Waals surface area contributed by atoms with Crippen molar-refractivity contribution in [3.05, 3.63) is 36.0 Å². The van der Waals surface area contributed by atoms with Crippen LogP contribution in [0.3, 0.4) is 0 Å². The third-order valence-corrected chi connectivity index (χ3v) is 6.71. The molecule has 2 atom stereocenters. The van der Waals surface area contributed by atoms with Crippen molar-refractivity contribution in [2.24, 2.45) is 0 Å². The molecule has 0 bridgehead atoms. The lowest BCUT2D eigenvalue weighted by Gasteiger charge is -2.37. The van der Waals surface area contributed by atoms with Gasteiger partial charge in [0.15, 0.2) is 0 Å². The molecule has 0 saturated carbocycles. The van der Waals surface area contributed by atoms with E-state index in [2.05, 4.69) is 4.98 Å². The maximum Gasteiger partial charge on any atom is 0.245 e. The standard InChI is InChI=1S/C18H24N2O3S/c1-3-16(21)15-8-4-5-10-20(15)24(22,23)17-9-6-7-14-11-13(2)12-19-18(14)17/h6-7,9,11-12,15-16,21H,3-5,8,10H2,1-2H3. The number of aliphatic hydroxyl groups excluding tert-OH is 1. The first-order valence-electron chi connectivity index (χ1n) is 8.50. The fourth-order valence-electron chi connectivity index (χ4n) is 3.46. The number of pyridine rings is 1. The minimum absolute atomic E-state index is 0.232. The Bertz CT molecular complexity index is 835. The van der Waals surface area contributed by atoms with Crippen molar-refractivity contribution >= 4 is 20.9 Å². The third kappa shape index (κ3) is 3.06. The minimum Gasteiger partial charge on any atom is -0.391 e. The van der Waals surface area contributed by atoms with Gasteiger partial charge in [0.05, 0.1) is 17.7 Å². The highest BCUT2D eigenvalue weighted by Gasteiger charge is 2.37. The molecule has 0 amide bonds. The van der Waals surface area contributed by atoms with Gasteiger partial charge >= 0.3 is 0 Å². The maximum atomic E-state index is 13.3. The molecule has 1 fully saturated rings. The summed E-state index contributed by atoms with van der Waals surface area (Å²) in [6.45, 7) is 4.27. The Morgan fingerprint density at radius 3 is 2.92 bits per heavy atom. The van der Waals surface area contributed by atoms with E-state index in [9.17, 15) is 13.5 Å². The molecule has 130 valence electrons. The smallest absolute Gasteiger partial charge is 0.245 e. The van der Waals surface area contributed by atoms with Crippen LogP contribution in [0.5, 0.6) is 0 Å². The Morgan fingerprint density at radius 1 is 1.38 bits per heavy atom. The van der Waals surface area contributed by atoms with Crippen LogP contribution in [0.4, 0.5) is 0 Å². The van der Waals surface area contributed by atoms with Gasteiger partial charge in [-0.1, -0.05) is 25.5 Å². The first-order valence-corrected chi connectivity index (χ1v) is 9.94. The quantitative estimate of drug-likeness (QED) is 0.922. The van der Waals surface area contributed by atoms with E-state index in [1.165, 1.54) is 4.31 Å². The van der Waals surface area contributed by atoms with Gasteiger partial charge in [0.25, 0.3) is 0 Å². The van der Waals surface area contributed by atoms with Crippen molar-refractivity contribution < 1.29 is 13.5 Å². The Hall–Kier alpha value is -1.50. The summed E-state index contributed by atoms with van der Waals surface area (Å²) in [7, 11) is -3.69. The summed E-state index contributed by atoms with van der Waals surface area (Å²) < 4.78 is 28.1. The van der Waals surface area contributed by atoms with Gasteiger partial charge in [-0.25, -0.2) is 8.42 Å². The fraction of sp³-hybridized carbons (Fsp3) is 0.500. The molecule has 1 aliphatic rings. The van der Waals surface area contributed by atoms with E-state index in [-0.39, 0.29) is 10.9 Å². The number of rotatable bonds is 4. The number of sulfonamides is 1. The summed E-state index contributed by atoms with van der Waals surface area (Å²) in [5, 5.41) is 11.1. The highest BCUT2D eigenvalue weighted by atomic mass is 32.2. The molecule has 1 aromatic carbocycles. The van der Waals surface area contributed by atoms with Crippen molar-refractivity contribution in [1.29, 1.82) is 0 Å². The molecule has 0 radical (unpaired) electrons. The molecule has 6 heteroatoms. The monoisotopic (exact) mass is 348 g/mol. The van der Waals surface area contributed by atoms with Crippen LogP contribution in [0.2, 0.25) is 0 Å². The Balaban J connectivity index is 2.10. The molecule has 24 heavy (non-hydrogen) atoms. The largest absolute Gasteiger partial charge is 0.391 e. The molecule has 3 rings (SSSR count). The van der Waals surface area contributed by atoms with Gasteiger partial charge < -0.3 is 5.11 Å². The summed E-state index contributed by atoms with van der Waals surface area (Å²) >= 11 is 0. The number of benzene rings is 1. The van der Waals surface area contributed by atoms with Crippen LogP contribution in [-0.2, 0) is 10.0 Å². The fourth-order valence-corrected chi connectivity index (χ4v) is 5.35. The van der Waals surface area contributed by atoms with Gasteiger partial charge in [0.2, 0.25) is 10.0 Å². The number of hydrogen-bond acceptors (Lipinski definition) is 4. The number of aromatic nitrogens is 1. The second kappa shape index (κ2) is 6.78. The zero-order valence-corrected chi connectivity index (χ0v) is 15.0. The Morgan fingerprint density at radius 2 is 2.17 bits per heavy atom. The van der Waals surface area contributed by atoms with Crippen LogP contribution in [0, 0.1) is 6.92 Å². The van der Waals surface area contributed by atoms with Crippen molar-refractivity contribution in [3.8, 4) is 0 Å². The molecule has 0 spiro atoms. The molecule has 1 N–H and O–H groups in total. The Labute approximate surface area is 143 Å². The van der Waals surface area contributed by atoms with Gasteiger partial charge in [-0.3, -0.25) is 4.98 Å². The molecule has 0 aliphatic carbocycles. The lowest BCUT2D eigenvalue weighted by Crippen LogP contribution is -2.49. The van der Waals surface area contributed by atoms with E-state index in [0.29, 0.717) is 24.9 Å². The Kier molecular flexibility index (Phi) is 4.90. The predicted molar refractivity (Wildman–Crippen MR) is 94.3 cm³/mol. The summed E-state index contributed by atoms with van der Waals surface area (Å²) in [4.78, 5) is 4.60. The van der Waals surface area contributed by atoms with Gasteiger partial charge in [0.1, 0.15) is 4.90 Å². The van der Waals surface area contributed by atoms with Crippen LogP contribution in [0.25, 0.3) is 10.9 Å². The second-order valence-corrected chi connectivity index (χ2v) is 8.35. The van der Waals surface area contributed by atoms with Gasteiger partial charge in [-0.2, -0.15) is 4.31 Å². The van der Waals surface area contributed by atoms with Crippen molar-refractivity contribution in [2.45, 2.75) is 56.6 Å². The second-order valence-electron chi connectivity index (χ2n) is 6.50. The molecule has 1 aromatic heterocycles. The zero-order chi connectivity index (χ0) is 17.3. The molecule has 1 aliphatic heterocycles. The van der Waals surface area contributed by atoms with E-state index in [1.54, 1.807) is 18.3 Å². The number of nitrogens with zero attached hydrogens (tertiary/aromatic N) is 2. The summed E-state index contributed by atoms with van der Waals surface area (Å²) in [6, 6.07) is 6.84. The molecule has 2 heterocycles. The van der Waals surface area contributed by atoms with Crippen molar-refractivity contribution in [1.82, 2.24) is 9.29 Å². The van der Waals surface area contributed by atoms with Crippen LogP contribution >= 0.6 is 0 Å². The van der Waals surface area contributed by atoms with Gasteiger partial charge in [-0.05, 0) is 43.9 Å². The highest BCUT2D eigenvalue weighted by Crippen LogP contribution is 2.31. The topological polar surface area (TPSA) is 70.5 Å². The summed E-state index contributed by atoms with van der Waals surface area (Å²) in [5.41, 5.74) is 1.49. The van der Waals surface area contributed by atoms with Gasteiger partial charge in [-0.15, -0.1) is 0 Å². The van der Waals surface area contributed by atoms with E-state index >= 15 is 0 Å². The first-order chi connectivity index (χ1) is 11.4. The molecule has 2 aromatic rings. The molecular formula is C18H24N2O3S. The van der Waals surface area contributed by atoms with Crippen LogP contribution in [0.1, 0.15) is 38.2 Å². The number of piperidine rings is 1. The highest BCUT2D eigenvalue weighted by molar-refractivity contribution is 7.89. The molecule has 2 unspecified atom stereocenters. The third-order valence-electron chi connectivity index (χ3n) is 4.76. The number of para-hydroxylation sites is 1. The zero-order valence-electron chi connectivity index (χ0n) is 14.1. The normalized spacial score (nSPS) is 21.0. The van der Waals surface area contributed by atoms with E-state index in [0.717, 1.165) is 23.8 Å². The van der Waals surface area contributed by atoms with E-state index in [4.69, 9.17) is 0 Å². The van der Waals surface area contributed by atoms with Crippen LogP contribution < -0.4 is 0 Å². The molecule has 1 saturated heterocycles. The maximum absolute atomic E-state index is 13.3. The summed E-state index contributed by atoms with van der Waals surface area (Å²) in [5.74, 6) is 0. The molecule has 5 nitrogen and oxygen atoms in total. The lowest BCUT2D eigenvalue weighted by molar-refractivity contribution is 0.0668. The van der Waals surface area contributed by atoms with Crippen molar-refractivity contribution in [3.63, 3.8) is 0 Å². The van der Waals surface area contributed by atoms with Gasteiger partial charge in [0, 0.05) is 18.1 Å². The average Bonchev–Trinajstić information content (AvgIpc) is 2.60.